The van der Waals surface area contributed by atoms with E-state index >= 15 is 0 Å². The summed E-state index contributed by atoms with van der Waals surface area (Å²) in [5.41, 5.74) is 2.94. The normalized spacial score (nSPS) is 20.8. The van der Waals surface area contributed by atoms with Crippen molar-refractivity contribution in [3.63, 3.8) is 0 Å². The standard InChI is InChI=1S/C28H32ClN11O14S3/c1-27(2,22(46)47)54-35-15(12-9-55-24(30)33-12)19(44)34-16-20(45)38-10-28(23(48)49,56-21(16)38)39-7-8-40(26(39)51)37-57(52,53)36-25(50)32-6-5-31-18(43)11-3-4-13(41)17(42)14(11)29/h3-4,9,16,21,37,41-42H,5-8,10H2,1-2H3,(H2,30,33)(H,31,43)(H,34,44)(H,46,47)(H,48,49)(H2,32,36,50)/b35-15-/t16?,21-,28?/m1/s1. The van der Waals surface area contributed by atoms with Gasteiger partial charge < -0.3 is 51.8 Å². The SMILES string of the molecule is CC(C)(O/N=C(\C(=O)NC1C(=O)N2CC(C(=O)O)(N3CCN(NS(=O)(=O)NC(=O)NCCNC(=O)c4ccc(O)c(O)c4Cl)C3=O)S[C@H]12)c1csc(N)n1)C(=O)O. The summed E-state index contributed by atoms with van der Waals surface area (Å²) in [5.74, 6) is -6.84. The van der Waals surface area contributed by atoms with E-state index in [2.05, 4.69) is 26.1 Å². The maximum atomic E-state index is 13.4. The molecule has 2 unspecified atom stereocenters. The van der Waals surface area contributed by atoms with Crippen LogP contribution in [0.3, 0.4) is 0 Å². The van der Waals surface area contributed by atoms with Crippen LogP contribution in [0.2, 0.25) is 5.02 Å². The van der Waals surface area contributed by atoms with E-state index in [0.717, 1.165) is 47.1 Å². The quantitative estimate of drug-likeness (QED) is 0.0298. The smallest absolute Gasteiger partial charge is 0.350 e. The Balaban J connectivity index is 1.17. The average Bonchev–Trinajstić information content (AvgIpc) is 3.83. The van der Waals surface area contributed by atoms with E-state index < -0.39 is 109 Å². The third kappa shape index (κ3) is 8.62. The minimum absolute atomic E-state index is 0.0257. The number of halogens is 1. The van der Waals surface area contributed by atoms with Crippen LogP contribution in [0.5, 0.6) is 11.5 Å². The molecule has 3 saturated heterocycles. The van der Waals surface area contributed by atoms with Gasteiger partial charge in [-0.05, 0) is 26.0 Å². The molecule has 11 N–H and O–H groups in total. The van der Waals surface area contributed by atoms with Crippen molar-refractivity contribution in [2.75, 3.05) is 38.5 Å². The van der Waals surface area contributed by atoms with E-state index in [4.69, 9.17) is 22.2 Å². The first kappa shape index (κ1) is 42.3. The molecule has 25 nitrogen and oxygen atoms in total. The molecule has 1 aromatic carbocycles. The number of β-lactam (4-membered cyclic amide) rings is 1. The molecule has 3 aliphatic rings. The number of aromatic hydroxyl groups is 2. The molecule has 308 valence electrons. The summed E-state index contributed by atoms with van der Waals surface area (Å²) < 4.78 is 27.0. The molecule has 0 radical (unpaired) electrons. The number of nitrogens with zero attached hydrogens (tertiary/aromatic N) is 5. The molecule has 5 rings (SSSR count). The molecule has 1 aromatic heterocycles. The number of thiazole rings is 1. The number of hydrogen-bond acceptors (Lipinski definition) is 17. The van der Waals surface area contributed by atoms with Crippen molar-refractivity contribution in [2.45, 2.75) is 35.7 Å². The molecule has 4 heterocycles. The van der Waals surface area contributed by atoms with Crippen molar-refractivity contribution in [3.05, 3.63) is 33.8 Å². The summed E-state index contributed by atoms with van der Waals surface area (Å²) in [6.45, 7) is 0.444. The van der Waals surface area contributed by atoms with Crippen LogP contribution in [0, 0.1) is 0 Å². The highest BCUT2D eigenvalue weighted by Gasteiger charge is 2.66. The van der Waals surface area contributed by atoms with Crippen molar-refractivity contribution < 1.29 is 67.2 Å². The first-order valence-corrected chi connectivity index (χ1v) is 19.6. The van der Waals surface area contributed by atoms with Crippen LogP contribution >= 0.6 is 34.7 Å². The Labute approximate surface area is 333 Å². The fourth-order valence-corrected chi connectivity index (χ4v) is 8.53. The van der Waals surface area contributed by atoms with Crippen LogP contribution in [-0.4, -0.2) is 151 Å². The number of nitrogens with one attached hydrogen (secondary N) is 5. The highest BCUT2D eigenvalue weighted by molar-refractivity contribution is 8.02. The molecule has 3 aliphatic heterocycles. The Morgan fingerprint density at radius 2 is 1.81 bits per heavy atom. The summed E-state index contributed by atoms with van der Waals surface area (Å²) in [7, 11) is -4.81. The van der Waals surface area contributed by atoms with Crippen LogP contribution < -0.4 is 31.2 Å². The van der Waals surface area contributed by atoms with Crippen LogP contribution in [0.1, 0.15) is 29.9 Å². The number of hydrogen-bond donors (Lipinski definition) is 10. The van der Waals surface area contributed by atoms with Crippen molar-refractivity contribution in [2.24, 2.45) is 5.16 Å². The molecular formula is C28H32ClN11O14S3. The molecular weight excluding hydrogens is 846 g/mol. The summed E-state index contributed by atoms with van der Waals surface area (Å²) >= 11 is 7.38. The molecule has 57 heavy (non-hydrogen) atoms. The number of aromatic nitrogens is 1. The van der Waals surface area contributed by atoms with Crippen molar-refractivity contribution >= 4 is 97.5 Å². The third-order valence-corrected chi connectivity index (χ3v) is 11.9. The van der Waals surface area contributed by atoms with E-state index in [9.17, 15) is 62.4 Å². The lowest BCUT2D eigenvalue weighted by Crippen LogP contribution is -2.68. The molecule has 0 saturated carbocycles. The number of nitrogens with two attached hydrogens (primary N) is 1. The average molecular weight is 878 g/mol. The number of carbonyl (C=O) groups excluding carboxylic acids is 5. The van der Waals surface area contributed by atoms with Gasteiger partial charge >= 0.3 is 34.2 Å². The lowest BCUT2D eigenvalue weighted by molar-refractivity contribution is -0.161. The zero-order valence-electron chi connectivity index (χ0n) is 29.2. The Morgan fingerprint density at radius 3 is 2.44 bits per heavy atom. The minimum atomic E-state index is -4.81. The summed E-state index contributed by atoms with van der Waals surface area (Å²) in [4.78, 5) is 99.4. The predicted molar refractivity (Wildman–Crippen MR) is 196 cm³/mol. The molecule has 7 amide bonds. The van der Waals surface area contributed by atoms with Gasteiger partial charge in [-0.25, -0.2) is 33.9 Å². The highest BCUT2D eigenvalue weighted by Crippen LogP contribution is 2.49. The van der Waals surface area contributed by atoms with E-state index in [1.165, 1.54) is 5.38 Å². The molecule has 0 bridgehead atoms. The zero-order chi connectivity index (χ0) is 42.2. The Hall–Kier alpha value is -5.84. The van der Waals surface area contributed by atoms with Gasteiger partial charge in [0.1, 0.15) is 17.1 Å². The molecule has 29 heteroatoms. The lowest BCUT2D eigenvalue weighted by atomic mass is 10.1. The third-order valence-electron chi connectivity index (χ3n) is 8.26. The highest BCUT2D eigenvalue weighted by atomic mass is 35.5. The van der Waals surface area contributed by atoms with Crippen molar-refractivity contribution in [3.8, 4) is 11.5 Å². The number of phenolic OH excluding ortho intramolecular Hbond substituents is 2. The first-order chi connectivity index (χ1) is 26.6. The predicted octanol–water partition coefficient (Wildman–Crippen LogP) is -2.23. The van der Waals surface area contributed by atoms with Gasteiger partial charge in [0.2, 0.25) is 16.4 Å². The van der Waals surface area contributed by atoms with Gasteiger partial charge in [0, 0.05) is 25.0 Å². The number of rotatable bonds is 15. The number of carboxylic acids is 2. The van der Waals surface area contributed by atoms with E-state index in [0.29, 0.717) is 16.8 Å². The summed E-state index contributed by atoms with van der Waals surface area (Å²) in [5, 5.41) is 49.8. The van der Waals surface area contributed by atoms with Crippen molar-refractivity contribution in [1.82, 2.24) is 45.3 Å². The maximum absolute atomic E-state index is 13.4. The molecule has 2 aromatic rings. The number of thioether (sulfide) groups is 1. The van der Waals surface area contributed by atoms with Crippen molar-refractivity contribution in [1.29, 1.82) is 0 Å². The lowest BCUT2D eigenvalue weighted by Gasteiger charge is -2.41. The second-order valence-corrected chi connectivity index (χ2v) is 16.6. The van der Waals surface area contributed by atoms with Gasteiger partial charge in [-0.1, -0.05) is 28.5 Å². The number of fused-ring (bicyclic) bond motifs is 1. The number of oxime groups is 1. The van der Waals surface area contributed by atoms with E-state index in [1.54, 1.807) is 4.72 Å². The van der Waals surface area contributed by atoms with Crippen LogP contribution in [0.25, 0.3) is 0 Å². The number of nitrogen functional groups attached to an aromatic ring is 1. The number of anilines is 1. The number of aliphatic carboxylic acids is 2. The second-order valence-electron chi connectivity index (χ2n) is 12.5. The van der Waals surface area contributed by atoms with E-state index in [1.807, 2.05) is 4.83 Å². The van der Waals surface area contributed by atoms with Crippen LogP contribution in [0.15, 0.2) is 22.7 Å². The number of carboxylic acid groups (broad SMARTS) is 2. The fraction of sp³-hybridized carbons (Fsp3) is 0.393. The van der Waals surface area contributed by atoms with Gasteiger partial charge in [0.25, 0.3) is 11.8 Å². The van der Waals surface area contributed by atoms with E-state index in [-0.39, 0.29) is 36.0 Å². The number of hydrazine groups is 1. The second kappa shape index (κ2) is 16.0. The Bertz CT molecular complexity index is 2190. The zero-order valence-corrected chi connectivity index (χ0v) is 32.4. The number of urea groups is 2. The topological polar surface area (TPSA) is 365 Å². The number of benzene rings is 1. The van der Waals surface area contributed by atoms with Gasteiger partial charge in [0.05, 0.1) is 23.7 Å². The van der Waals surface area contributed by atoms with Gasteiger partial charge in [-0.2, -0.15) is 8.42 Å². The monoisotopic (exact) mass is 877 g/mol. The Morgan fingerprint density at radius 1 is 1.12 bits per heavy atom. The molecule has 3 atom stereocenters. The molecule has 0 spiro atoms. The number of amides is 7. The summed E-state index contributed by atoms with van der Waals surface area (Å²) in [6, 6.07) is -1.63. The molecule has 3 fully saturated rings. The Kier molecular flexibility index (Phi) is 11.8. The van der Waals surface area contributed by atoms with Gasteiger partial charge in [-0.15, -0.1) is 16.2 Å². The van der Waals surface area contributed by atoms with Gasteiger partial charge in [-0.3, -0.25) is 19.3 Å². The van der Waals surface area contributed by atoms with Crippen LogP contribution in [0.4, 0.5) is 14.7 Å². The first-order valence-electron chi connectivity index (χ1n) is 16.0. The number of phenols is 2. The fourth-order valence-electron chi connectivity index (χ4n) is 5.28. The maximum Gasteiger partial charge on any atom is 0.350 e. The summed E-state index contributed by atoms with van der Waals surface area (Å²) in [6.07, 6.45) is 0. The molecule has 0 aliphatic carbocycles. The largest absolute Gasteiger partial charge is 0.504 e. The minimum Gasteiger partial charge on any atom is -0.504 e. The van der Waals surface area contributed by atoms with Crippen LogP contribution in [-0.2, 0) is 34.2 Å². The van der Waals surface area contributed by atoms with Gasteiger partial charge in [0.15, 0.2) is 22.3 Å². The number of carbonyl (C=O) groups is 7.